The summed E-state index contributed by atoms with van der Waals surface area (Å²) in [4.78, 5) is 39.3. The molecule has 2 amide bonds. The molecular formula is C20H19NO4S. The molecule has 1 aliphatic heterocycles. The lowest BCUT2D eigenvalue weighted by molar-refractivity contribution is -0.122. The summed E-state index contributed by atoms with van der Waals surface area (Å²) >= 11 is 1.31. The Kier molecular flexibility index (Phi) is 4.36. The van der Waals surface area contributed by atoms with Crippen LogP contribution in [0.5, 0.6) is 5.75 Å². The van der Waals surface area contributed by atoms with E-state index < -0.39 is 5.97 Å². The summed E-state index contributed by atoms with van der Waals surface area (Å²) < 4.78 is 5.32. The summed E-state index contributed by atoms with van der Waals surface area (Å²) in [5.41, 5.74) is 0.540. The number of esters is 1. The number of carbonyl (C=O) groups is 3. The number of hydrogen-bond acceptors (Lipinski definition) is 5. The van der Waals surface area contributed by atoms with E-state index in [9.17, 15) is 14.4 Å². The van der Waals surface area contributed by atoms with Gasteiger partial charge in [-0.2, -0.15) is 0 Å². The molecule has 134 valence electrons. The average Bonchev–Trinajstić information content (AvgIpc) is 3.24. The van der Waals surface area contributed by atoms with Gasteiger partial charge in [0.15, 0.2) is 0 Å². The Bertz CT molecular complexity index is 843. The molecule has 1 aromatic heterocycles. The standard InChI is InChI=1S/C20H19NO4S/c1-12-4-9-15-16(11-12)19(23)21(18(15)22)13-5-7-14(8-6-13)25-20(24)17-3-2-10-26-17/h2-3,5-8,10,12,15-16H,4,9,11H2,1H3/t12-,15+,16-/m1/s1. The van der Waals surface area contributed by atoms with Crippen molar-refractivity contribution in [3.05, 3.63) is 46.7 Å². The van der Waals surface area contributed by atoms with Gasteiger partial charge in [-0.3, -0.25) is 14.5 Å². The Labute approximate surface area is 155 Å². The summed E-state index contributed by atoms with van der Waals surface area (Å²) in [5, 5.41) is 1.81. The maximum absolute atomic E-state index is 12.7. The van der Waals surface area contributed by atoms with Gasteiger partial charge in [-0.25, -0.2) is 4.79 Å². The summed E-state index contributed by atoms with van der Waals surface area (Å²) in [6.45, 7) is 2.13. The van der Waals surface area contributed by atoms with Gasteiger partial charge in [0.25, 0.3) is 0 Å². The number of carbonyl (C=O) groups excluding carboxylic acids is 3. The molecule has 0 spiro atoms. The fourth-order valence-corrected chi connectivity index (χ4v) is 4.46. The van der Waals surface area contributed by atoms with Gasteiger partial charge in [-0.1, -0.05) is 13.0 Å². The maximum atomic E-state index is 12.7. The number of thiophene rings is 1. The second-order valence-electron chi connectivity index (χ2n) is 7.00. The monoisotopic (exact) mass is 369 g/mol. The number of fused-ring (bicyclic) bond motifs is 1. The van der Waals surface area contributed by atoms with E-state index in [1.807, 2.05) is 5.38 Å². The van der Waals surface area contributed by atoms with Gasteiger partial charge in [-0.05, 0) is 60.9 Å². The third kappa shape index (κ3) is 2.94. The molecule has 4 rings (SSSR count). The molecule has 5 nitrogen and oxygen atoms in total. The Morgan fingerprint density at radius 2 is 1.81 bits per heavy atom. The van der Waals surface area contributed by atoms with Crippen molar-refractivity contribution in [3.63, 3.8) is 0 Å². The zero-order chi connectivity index (χ0) is 18.3. The molecule has 0 N–H and O–H groups in total. The zero-order valence-electron chi connectivity index (χ0n) is 14.4. The van der Waals surface area contributed by atoms with Crippen LogP contribution < -0.4 is 9.64 Å². The first-order chi connectivity index (χ1) is 12.5. The van der Waals surface area contributed by atoms with E-state index in [-0.39, 0.29) is 23.7 Å². The van der Waals surface area contributed by atoms with Crippen molar-refractivity contribution in [3.8, 4) is 5.75 Å². The van der Waals surface area contributed by atoms with Crippen LogP contribution in [-0.4, -0.2) is 17.8 Å². The number of nitrogens with zero attached hydrogens (tertiary/aromatic N) is 1. The summed E-state index contributed by atoms with van der Waals surface area (Å²) in [6.07, 6.45) is 2.55. The van der Waals surface area contributed by atoms with E-state index in [1.54, 1.807) is 36.4 Å². The molecule has 26 heavy (non-hydrogen) atoms. The molecule has 2 aromatic rings. The van der Waals surface area contributed by atoms with Crippen LogP contribution in [0.15, 0.2) is 41.8 Å². The smallest absolute Gasteiger partial charge is 0.353 e. The Balaban J connectivity index is 1.51. The molecular weight excluding hydrogens is 350 g/mol. The van der Waals surface area contributed by atoms with E-state index in [0.29, 0.717) is 22.2 Å². The third-order valence-corrected chi connectivity index (χ3v) is 6.07. The van der Waals surface area contributed by atoms with Crippen molar-refractivity contribution in [1.29, 1.82) is 0 Å². The Morgan fingerprint density at radius 1 is 1.08 bits per heavy atom. The molecule has 2 aliphatic rings. The number of hydrogen-bond donors (Lipinski definition) is 0. The van der Waals surface area contributed by atoms with E-state index in [2.05, 4.69) is 6.92 Å². The largest absolute Gasteiger partial charge is 0.422 e. The van der Waals surface area contributed by atoms with Crippen LogP contribution in [-0.2, 0) is 9.59 Å². The first kappa shape index (κ1) is 17.0. The van der Waals surface area contributed by atoms with Crippen LogP contribution in [0.3, 0.4) is 0 Å². The van der Waals surface area contributed by atoms with E-state index in [1.165, 1.54) is 16.2 Å². The molecule has 0 bridgehead atoms. The van der Waals surface area contributed by atoms with Gasteiger partial charge in [0.1, 0.15) is 10.6 Å². The van der Waals surface area contributed by atoms with Crippen LogP contribution in [0.25, 0.3) is 0 Å². The third-order valence-electron chi connectivity index (χ3n) is 5.22. The Morgan fingerprint density at radius 3 is 2.50 bits per heavy atom. The van der Waals surface area contributed by atoms with Crippen molar-refractivity contribution in [2.24, 2.45) is 17.8 Å². The fraction of sp³-hybridized carbons (Fsp3) is 0.350. The second kappa shape index (κ2) is 6.68. The minimum absolute atomic E-state index is 0.102. The van der Waals surface area contributed by atoms with Gasteiger partial charge in [-0.15, -0.1) is 11.3 Å². The predicted molar refractivity (Wildman–Crippen MR) is 98.2 cm³/mol. The Hall–Kier alpha value is -2.47. The first-order valence-electron chi connectivity index (χ1n) is 8.78. The van der Waals surface area contributed by atoms with E-state index in [4.69, 9.17) is 4.74 Å². The quantitative estimate of drug-likeness (QED) is 0.468. The first-order valence-corrected chi connectivity index (χ1v) is 9.66. The highest BCUT2D eigenvalue weighted by molar-refractivity contribution is 7.12. The molecule has 1 aromatic carbocycles. The van der Waals surface area contributed by atoms with Crippen molar-refractivity contribution >= 4 is 34.8 Å². The predicted octanol–water partition coefficient (Wildman–Crippen LogP) is 3.89. The van der Waals surface area contributed by atoms with Crippen LogP contribution in [0.4, 0.5) is 5.69 Å². The van der Waals surface area contributed by atoms with Gasteiger partial charge >= 0.3 is 5.97 Å². The number of anilines is 1. The molecule has 6 heteroatoms. The van der Waals surface area contributed by atoms with Gasteiger partial charge in [0.2, 0.25) is 11.8 Å². The van der Waals surface area contributed by atoms with Crippen molar-refractivity contribution in [1.82, 2.24) is 0 Å². The minimum atomic E-state index is -0.416. The molecule has 1 aliphatic carbocycles. The summed E-state index contributed by atoms with van der Waals surface area (Å²) in [6, 6.07) is 10.0. The van der Waals surface area contributed by atoms with Gasteiger partial charge in [0.05, 0.1) is 17.5 Å². The highest BCUT2D eigenvalue weighted by atomic mass is 32.1. The molecule has 1 saturated heterocycles. The van der Waals surface area contributed by atoms with Crippen LogP contribution in [0.2, 0.25) is 0 Å². The number of rotatable bonds is 3. The van der Waals surface area contributed by atoms with Crippen molar-refractivity contribution in [2.45, 2.75) is 26.2 Å². The molecule has 2 fully saturated rings. The average molecular weight is 369 g/mol. The zero-order valence-corrected chi connectivity index (χ0v) is 15.2. The van der Waals surface area contributed by atoms with Crippen molar-refractivity contribution < 1.29 is 19.1 Å². The van der Waals surface area contributed by atoms with Gasteiger partial charge < -0.3 is 4.74 Å². The number of benzene rings is 1. The summed E-state index contributed by atoms with van der Waals surface area (Å²) in [7, 11) is 0. The van der Waals surface area contributed by atoms with Crippen LogP contribution in [0.1, 0.15) is 35.9 Å². The molecule has 3 atom stereocenters. The maximum Gasteiger partial charge on any atom is 0.353 e. The number of amides is 2. The second-order valence-corrected chi connectivity index (χ2v) is 7.95. The number of imide groups is 1. The molecule has 0 radical (unpaired) electrons. The molecule has 0 unspecified atom stereocenters. The van der Waals surface area contributed by atoms with E-state index in [0.717, 1.165) is 19.3 Å². The van der Waals surface area contributed by atoms with Crippen LogP contribution >= 0.6 is 11.3 Å². The number of ether oxygens (including phenoxy) is 1. The summed E-state index contributed by atoms with van der Waals surface area (Å²) in [5.74, 6) is -0.131. The lowest BCUT2D eigenvalue weighted by atomic mass is 9.76. The van der Waals surface area contributed by atoms with Gasteiger partial charge in [0, 0.05) is 0 Å². The lowest BCUT2D eigenvalue weighted by Gasteiger charge is -2.25. The highest BCUT2D eigenvalue weighted by Crippen LogP contribution is 2.42. The topological polar surface area (TPSA) is 63.7 Å². The van der Waals surface area contributed by atoms with E-state index >= 15 is 0 Å². The normalized spacial score (nSPS) is 25.3. The molecule has 2 heterocycles. The SMILES string of the molecule is C[C@@H]1CC[C@@H]2C(=O)N(c3ccc(OC(=O)c4cccs4)cc3)C(=O)[C@@H]2C1. The lowest BCUT2D eigenvalue weighted by Crippen LogP contribution is -2.30. The minimum Gasteiger partial charge on any atom is -0.422 e. The fourth-order valence-electron chi connectivity index (χ4n) is 3.86. The van der Waals surface area contributed by atoms with Crippen LogP contribution in [0, 0.1) is 17.8 Å². The highest BCUT2D eigenvalue weighted by Gasteiger charge is 2.49. The van der Waals surface area contributed by atoms with Crippen molar-refractivity contribution in [2.75, 3.05) is 4.90 Å². The molecule has 1 saturated carbocycles.